The van der Waals surface area contributed by atoms with Crippen molar-refractivity contribution in [2.45, 2.75) is 5.91 Å². The van der Waals surface area contributed by atoms with Crippen LogP contribution in [0.2, 0.25) is 0 Å². The van der Waals surface area contributed by atoms with Crippen molar-refractivity contribution in [3.8, 4) is 0 Å². The highest BCUT2D eigenvalue weighted by atomic mass is 16.7. The summed E-state index contributed by atoms with van der Waals surface area (Å²) in [6, 6.07) is 0. The molecule has 0 aliphatic carbocycles. The summed E-state index contributed by atoms with van der Waals surface area (Å²) in [5, 5.41) is 45.0. The minimum absolute atomic E-state index is 0.375. The monoisotopic (exact) mass is 246 g/mol. The van der Waals surface area contributed by atoms with E-state index in [2.05, 4.69) is 20.4 Å². The van der Waals surface area contributed by atoms with Gasteiger partial charge in [0.2, 0.25) is 20.6 Å². The van der Waals surface area contributed by atoms with Crippen LogP contribution in [0.1, 0.15) is 0 Å². The summed E-state index contributed by atoms with van der Waals surface area (Å²) in [6.45, 7) is 0. The maximum atomic E-state index is 10.4. The average molecular weight is 246 g/mol. The topological polar surface area (TPSA) is 196 Å². The molecule has 0 aromatic carbocycles. The molecule has 0 fully saturated rings. The van der Waals surface area contributed by atoms with E-state index in [1.807, 2.05) is 5.21 Å². The van der Waals surface area contributed by atoms with E-state index in [1.165, 1.54) is 0 Å². The number of nitrogens with one attached hydrogen (secondary N) is 1. The first kappa shape index (κ1) is 12.0. The number of H-pyrrole nitrogens is 1. The van der Waals surface area contributed by atoms with E-state index in [1.54, 1.807) is 0 Å². The van der Waals surface area contributed by atoms with Gasteiger partial charge in [-0.05, 0) is 0 Å². The molecule has 0 bridgehead atoms. The Morgan fingerprint density at radius 3 is 2.06 bits per heavy atom. The molecule has 0 radical (unpaired) electrons. The van der Waals surface area contributed by atoms with Gasteiger partial charge in [0.1, 0.15) is 0 Å². The van der Waals surface area contributed by atoms with Gasteiger partial charge in [-0.1, -0.05) is 0 Å². The highest BCUT2D eigenvalue weighted by Crippen LogP contribution is 2.17. The van der Waals surface area contributed by atoms with Crippen LogP contribution >= 0.6 is 0 Å². The molecule has 1 N–H and O–H groups in total. The van der Waals surface area contributed by atoms with Crippen molar-refractivity contribution in [3.63, 3.8) is 0 Å². The first-order valence-electron chi connectivity index (χ1n) is 3.63. The third-order valence-electron chi connectivity index (χ3n) is 1.42. The molecule has 0 aliphatic rings. The lowest BCUT2D eigenvalue weighted by molar-refractivity contribution is -0.969. The predicted octanol–water partition coefficient (Wildman–Crippen LogP) is -0.670. The number of azo groups is 1. The number of nitro groups is 3. The van der Waals surface area contributed by atoms with Gasteiger partial charge < -0.3 is 0 Å². The van der Waals surface area contributed by atoms with E-state index >= 15 is 0 Å². The van der Waals surface area contributed by atoms with Gasteiger partial charge in [0.05, 0.1) is 6.20 Å². The molecule has 14 heteroatoms. The van der Waals surface area contributed by atoms with E-state index in [4.69, 9.17) is 0 Å². The molecule has 0 saturated carbocycles. The molecular formula is C3H2N8O6. The van der Waals surface area contributed by atoms with E-state index < -0.39 is 20.7 Å². The predicted molar refractivity (Wildman–Crippen MR) is 44.6 cm³/mol. The Kier molecular flexibility index (Phi) is 2.97. The standard InChI is InChI=1S/C3H2N8O6/c12-9(13)3(10(14)15,11(16)17)7-5-2-1-4-8-6-2/h1H,(H,4,6,8). The van der Waals surface area contributed by atoms with Crippen LogP contribution in [0.4, 0.5) is 5.82 Å². The van der Waals surface area contributed by atoms with Gasteiger partial charge in [0.25, 0.3) is 0 Å². The Hall–Kier alpha value is -3.06. The molecule has 1 rings (SSSR count). The molecule has 17 heavy (non-hydrogen) atoms. The zero-order valence-corrected chi connectivity index (χ0v) is 7.66. The van der Waals surface area contributed by atoms with Crippen LogP contribution in [-0.4, -0.2) is 36.1 Å². The molecule has 0 atom stereocenters. The van der Waals surface area contributed by atoms with E-state index in [0.29, 0.717) is 0 Å². The first-order chi connectivity index (χ1) is 7.91. The quantitative estimate of drug-likeness (QED) is 0.305. The zero-order chi connectivity index (χ0) is 13.1. The fourth-order valence-electron chi connectivity index (χ4n) is 0.672. The normalized spacial score (nSPS) is 11.5. The van der Waals surface area contributed by atoms with Gasteiger partial charge in [-0.2, -0.15) is 10.3 Å². The first-order valence-corrected chi connectivity index (χ1v) is 3.63. The van der Waals surface area contributed by atoms with Crippen LogP contribution in [0.15, 0.2) is 16.4 Å². The lowest BCUT2D eigenvalue weighted by Crippen LogP contribution is -2.51. The lowest BCUT2D eigenvalue weighted by Gasteiger charge is -2.00. The number of hydrogen-bond donors (Lipinski definition) is 1. The third kappa shape index (κ3) is 1.98. The molecular weight excluding hydrogens is 244 g/mol. The van der Waals surface area contributed by atoms with Crippen molar-refractivity contribution in [2.24, 2.45) is 10.2 Å². The second-order valence-electron chi connectivity index (χ2n) is 2.40. The summed E-state index contributed by atoms with van der Waals surface area (Å²) in [5.74, 6) is -4.36. The summed E-state index contributed by atoms with van der Waals surface area (Å²) >= 11 is 0. The van der Waals surface area contributed by atoms with Crippen LogP contribution in [0.3, 0.4) is 0 Å². The van der Waals surface area contributed by atoms with Crippen LogP contribution < -0.4 is 0 Å². The summed E-state index contributed by atoms with van der Waals surface area (Å²) in [5.41, 5.74) is 0. The molecule has 90 valence electrons. The van der Waals surface area contributed by atoms with Crippen LogP contribution in [-0.2, 0) is 0 Å². The molecule has 0 amide bonds. The largest absolute Gasteiger partial charge is 0.836 e. The average Bonchev–Trinajstić information content (AvgIpc) is 2.69. The summed E-state index contributed by atoms with van der Waals surface area (Å²) in [7, 11) is 0. The molecule has 1 heterocycles. The van der Waals surface area contributed by atoms with Crippen molar-refractivity contribution in [2.75, 3.05) is 0 Å². The van der Waals surface area contributed by atoms with Crippen LogP contribution in [0.25, 0.3) is 0 Å². The number of aromatic amines is 1. The molecule has 0 unspecified atom stereocenters. The molecule has 0 aliphatic heterocycles. The van der Waals surface area contributed by atoms with E-state index in [9.17, 15) is 30.3 Å². The molecule has 14 nitrogen and oxygen atoms in total. The molecule has 0 spiro atoms. The van der Waals surface area contributed by atoms with Crippen molar-refractivity contribution in [3.05, 3.63) is 36.5 Å². The van der Waals surface area contributed by atoms with Gasteiger partial charge in [0, 0.05) is 5.11 Å². The maximum Gasteiger partial charge on any atom is 0.836 e. The van der Waals surface area contributed by atoms with Crippen molar-refractivity contribution in [1.29, 1.82) is 0 Å². The summed E-state index contributed by atoms with van der Waals surface area (Å²) in [4.78, 5) is 25.8. The summed E-state index contributed by atoms with van der Waals surface area (Å²) < 4.78 is 0. The van der Waals surface area contributed by atoms with E-state index in [0.717, 1.165) is 6.20 Å². The number of nitrogens with zero attached hydrogens (tertiary/aromatic N) is 7. The Morgan fingerprint density at radius 1 is 1.18 bits per heavy atom. The Labute approximate surface area is 89.8 Å². The van der Waals surface area contributed by atoms with Crippen LogP contribution in [0, 0.1) is 30.3 Å². The van der Waals surface area contributed by atoms with Gasteiger partial charge in [-0.15, -0.1) is 10.2 Å². The molecule has 0 saturated heterocycles. The minimum Gasteiger partial charge on any atom is -0.251 e. The highest BCUT2D eigenvalue weighted by Gasteiger charge is 2.73. The van der Waals surface area contributed by atoms with Crippen molar-refractivity contribution in [1.82, 2.24) is 15.4 Å². The fraction of sp³-hybridized carbons (Fsp3) is 0.333. The number of aromatic nitrogens is 3. The zero-order valence-electron chi connectivity index (χ0n) is 7.66. The van der Waals surface area contributed by atoms with Gasteiger partial charge >= 0.3 is 5.91 Å². The fourth-order valence-corrected chi connectivity index (χ4v) is 0.672. The minimum atomic E-state index is -3.99. The third-order valence-corrected chi connectivity index (χ3v) is 1.42. The van der Waals surface area contributed by atoms with E-state index in [-0.39, 0.29) is 5.82 Å². The maximum absolute atomic E-state index is 10.4. The summed E-state index contributed by atoms with van der Waals surface area (Å²) in [6.07, 6.45) is 0.911. The Bertz CT molecular complexity index is 441. The van der Waals surface area contributed by atoms with Gasteiger partial charge in [-0.3, -0.25) is 30.3 Å². The second-order valence-corrected chi connectivity index (χ2v) is 2.40. The Balaban J connectivity index is 3.20. The van der Waals surface area contributed by atoms with Gasteiger partial charge in [0.15, 0.2) is 0 Å². The smallest absolute Gasteiger partial charge is 0.251 e. The highest BCUT2D eigenvalue weighted by molar-refractivity contribution is 5.16. The molecule has 1 aromatic heterocycles. The van der Waals surface area contributed by atoms with Crippen LogP contribution in [0.5, 0.6) is 0 Å². The number of hydrogen-bond acceptors (Lipinski definition) is 10. The second kappa shape index (κ2) is 4.21. The van der Waals surface area contributed by atoms with Crippen molar-refractivity contribution >= 4 is 5.82 Å². The SMILES string of the molecule is O=[N+]([O-])C(N=Nc1cn[nH]n1)([N+](=O)[O-])[N+](=O)[O-]. The Morgan fingerprint density at radius 2 is 1.71 bits per heavy atom. The lowest BCUT2D eigenvalue weighted by atomic mass is 10.7. The number of rotatable bonds is 5. The van der Waals surface area contributed by atoms with Gasteiger partial charge in [-0.25, -0.2) is 0 Å². The molecule has 1 aromatic rings. The van der Waals surface area contributed by atoms with Crippen molar-refractivity contribution < 1.29 is 14.8 Å².